The van der Waals surface area contributed by atoms with Crippen LogP contribution in [0.2, 0.25) is 5.02 Å². The molecule has 166 valence electrons. The van der Waals surface area contributed by atoms with Gasteiger partial charge in [0.15, 0.2) is 11.5 Å². The summed E-state index contributed by atoms with van der Waals surface area (Å²) in [6.45, 7) is 6.07. The van der Waals surface area contributed by atoms with E-state index in [1.165, 1.54) is 12.3 Å². The molecule has 0 aliphatic carbocycles. The van der Waals surface area contributed by atoms with Gasteiger partial charge in [-0.05, 0) is 44.5 Å². The molecule has 2 aromatic carbocycles. The topological polar surface area (TPSA) is 106 Å². The maximum atomic E-state index is 12.5. The van der Waals surface area contributed by atoms with Gasteiger partial charge in [-0.3, -0.25) is 4.79 Å². The summed E-state index contributed by atoms with van der Waals surface area (Å²) in [4.78, 5) is 30.7. The SMILES string of the molecule is CCOc1cc(/C=N/NC(=O)c2cc(-c3ccccc3)nc(=O)[nH]2)cc(Cl)c1OC(C)C. The molecule has 0 aliphatic rings. The van der Waals surface area contributed by atoms with Gasteiger partial charge in [0.2, 0.25) is 0 Å². The molecular formula is C23H23ClN4O4. The van der Waals surface area contributed by atoms with E-state index in [0.717, 1.165) is 5.56 Å². The molecule has 0 atom stereocenters. The highest BCUT2D eigenvalue weighted by molar-refractivity contribution is 6.32. The van der Waals surface area contributed by atoms with Crippen LogP contribution in [0.5, 0.6) is 11.5 Å². The Hall–Kier alpha value is -3.65. The van der Waals surface area contributed by atoms with E-state index in [2.05, 4.69) is 20.5 Å². The number of halogens is 1. The number of carbonyl (C=O) groups is 1. The summed E-state index contributed by atoms with van der Waals surface area (Å²) < 4.78 is 11.4. The van der Waals surface area contributed by atoms with E-state index < -0.39 is 11.6 Å². The third kappa shape index (κ3) is 5.95. The number of aromatic amines is 1. The molecule has 0 fully saturated rings. The average molecular weight is 455 g/mol. The van der Waals surface area contributed by atoms with Crippen molar-refractivity contribution in [2.24, 2.45) is 5.10 Å². The van der Waals surface area contributed by atoms with Gasteiger partial charge in [0.25, 0.3) is 5.91 Å². The van der Waals surface area contributed by atoms with Gasteiger partial charge in [0, 0.05) is 5.56 Å². The van der Waals surface area contributed by atoms with E-state index >= 15 is 0 Å². The van der Waals surface area contributed by atoms with Crippen LogP contribution in [0.3, 0.4) is 0 Å². The summed E-state index contributed by atoms with van der Waals surface area (Å²) in [7, 11) is 0. The van der Waals surface area contributed by atoms with E-state index in [9.17, 15) is 9.59 Å². The number of benzene rings is 2. The highest BCUT2D eigenvalue weighted by Crippen LogP contribution is 2.37. The maximum Gasteiger partial charge on any atom is 0.346 e. The summed E-state index contributed by atoms with van der Waals surface area (Å²) in [6, 6.07) is 13.9. The number of ether oxygens (including phenoxy) is 2. The Kier molecular flexibility index (Phi) is 7.62. The lowest BCUT2D eigenvalue weighted by atomic mass is 10.1. The van der Waals surface area contributed by atoms with Crippen molar-refractivity contribution in [2.75, 3.05) is 6.61 Å². The smallest absolute Gasteiger partial charge is 0.346 e. The highest BCUT2D eigenvalue weighted by Gasteiger charge is 2.14. The minimum Gasteiger partial charge on any atom is -0.490 e. The highest BCUT2D eigenvalue weighted by atomic mass is 35.5. The molecule has 2 N–H and O–H groups in total. The number of nitrogens with one attached hydrogen (secondary N) is 2. The molecule has 0 saturated carbocycles. The van der Waals surface area contributed by atoms with Gasteiger partial charge in [-0.25, -0.2) is 10.2 Å². The Morgan fingerprint density at radius 3 is 2.69 bits per heavy atom. The van der Waals surface area contributed by atoms with Gasteiger partial charge >= 0.3 is 5.69 Å². The molecule has 0 bridgehead atoms. The lowest BCUT2D eigenvalue weighted by Gasteiger charge is -2.16. The van der Waals surface area contributed by atoms with Crippen molar-refractivity contribution in [2.45, 2.75) is 26.9 Å². The minimum absolute atomic E-state index is 0.0368. The number of amides is 1. The van der Waals surface area contributed by atoms with Crippen molar-refractivity contribution in [3.05, 3.63) is 75.3 Å². The van der Waals surface area contributed by atoms with E-state index in [1.807, 2.05) is 39.0 Å². The predicted molar refractivity (Wildman–Crippen MR) is 124 cm³/mol. The summed E-state index contributed by atoms with van der Waals surface area (Å²) >= 11 is 6.34. The van der Waals surface area contributed by atoms with Crippen LogP contribution in [0.15, 0.2) is 58.4 Å². The van der Waals surface area contributed by atoms with Crippen molar-refractivity contribution in [3.63, 3.8) is 0 Å². The molecule has 1 heterocycles. The predicted octanol–water partition coefficient (Wildman–Crippen LogP) is 4.04. The molecule has 1 amide bonds. The third-order valence-corrected chi connectivity index (χ3v) is 4.40. The Morgan fingerprint density at radius 1 is 1.25 bits per heavy atom. The van der Waals surface area contributed by atoms with Crippen LogP contribution in [0.1, 0.15) is 36.8 Å². The molecule has 0 aliphatic heterocycles. The van der Waals surface area contributed by atoms with Crippen molar-refractivity contribution >= 4 is 23.7 Å². The number of nitrogens with zero attached hydrogens (tertiary/aromatic N) is 2. The second kappa shape index (κ2) is 10.6. The largest absolute Gasteiger partial charge is 0.490 e. The molecule has 0 radical (unpaired) electrons. The van der Waals surface area contributed by atoms with Crippen molar-refractivity contribution < 1.29 is 14.3 Å². The standard InChI is InChI=1S/C23H23ClN4O4/c1-4-31-20-11-15(10-17(24)21(20)32-14(2)3)13-25-28-22(29)19-12-18(26-23(30)27-19)16-8-6-5-7-9-16/h5-14H,4H2,1-3H3,(H,28,29)(H,26,27,30)/b25-13+. The first-order valence-electron chi connectivity index (χ1n) is 10.0. The Balaban J connectivity index is 1.78. The van der Waals surface area contributed by atoms with Crippen molar-refractivity contribution in [1.82, 2.24) is 15.4 Å². The monoisotopic (exact) mass is 454 g/mol. The first-order chi connectivity index (χ1) is 15.4. The average Bonchev–Trinajstić information content (AvgIpc) is 2.76. The fraction of sp³-hybridized carbons (Fsp3) is 0.217. The van der Waals surface area contributed by atoms with Crippen LogP contribution < -0.4 is 20.6 Å². The lowest BCUT2D eigenvalue weighted by Crippen LogP contribution is -2.24. The van der Waals surface area contributed by atoms with Gasteiger partial charge in [0.05, 0.1) is 29.6 Å². The van der Waals surface area contributed by atoms with Gasteiger partial charge in [0.1, 0.15) is 5.69 Å². The number of hydrogen-bond acceptors (Lipinski definition) is 6. The van der Waals surface area contributed by atoms with Crippen LogP contribution in [-0.2, 0) is 0 Å². The molecule has 1 aromatic heterocycles. The normalized spacial score (nSPS) is 11.0. The number of hydrazone groups is 1. The molecule has 0 saturated heterocycles. The number of carbonyl (C=O) groups excluding carboxylic acids is 1. The number of H-pyrrole nitrogens is 1. The maximum absolute atomic E-state index is 12.5. The molecule has 9 heteroatoms. The Bertz CT molecular complexity index is 1180. The third-order valence-electron chi connectivity index (χ3n) is 4.12. The molecule has 0 unspecified atom stereocenters. The molecule has 32 heavy (non-hydrogen) atoms. The fourth-order valence-corrected chi connectivity index (χ4v) is 3.10. The van der Waals surface area contributed by atoms with Crippen molar-refractivity contribution in [3.8, 4) is 22.8 Å². The zero-order chi connectivity index (χ0) is 23.1. The summed E-state index contributed by atoms with van der Waals surface area (Å²) in [5.74, 6) is 0.341. The molecule has 3 aromatic rings. The quantitative estimate of drug-likeness (QED) is 0.394. The van der Waals surface area contributed by atoms with E-state index in [1.54, 1.807) is 24.3 Å². The second-order valence-electron chi connectivity index (χ2n) is 6.98. The van der Waals surface area contributed by atoms with Gasteiger partial charge in [-0.1, -0.05) is 41.9 Å². The molecule has 3 rings (SSSR count). The second-order valence-corrected chi connectivity index (χ2v) is 7.39. The first-order valence-corrected chi connectivity index (χ1v) is 10.4. The number of aromatic nitrogens is 2. The molecule has 0 spiro atoms. The Morgan fingerprint density at radius 2 is 2.00 bits per heavy atom. The minimum atomic E-state index is -0.630. The van der Waals surface area contributed by atoms with E-state index in [4.69, 9.17) is 21.1 Å². The van der Waals surface area contributed by atoms with Crippen LogP contribution in [0, 0.1) is 0 Å². The first kappa shape index (κ1) is 23.0. The lowest BCUT2D eigenvalue weighted by molar-refractivity contribution is 0.0949. The van der Waals surface area contributed by atoms with Gasteiger partial charge < -0.3 is 14.5 Å². The number of hydrogen-bond donors (Lipinski definition) is 2. The van der Waals surface area contributed by atoms with Crippen LogP contribution in [0.4, 0.5) is 0 Å². The summed E-state index contributed by atoms with van der Waals surface area (Å²) in [5.41, 5.74) is 3.50. The van der Waals surface area contributed by atoms with Crippen LogP contribution in [0.25, 0.3) is 11.3 Å². The van der Waals surface area contributed by atoms with Crippen LogP contribution >= 0.6 is 11.6 Å². The number of rotatable bonds is 8. The van der Waals surface area contributed by atoms with E-state index in [-0.39, 0.29) is 11.8 Å². The zero-order valence-corrected chi connectivity index (χ0v) is 18.6. The zero-order valence-electron chi connectivity index (χ0n) is 17.9. The van der Waals surface area contributed by atoms with Gasteiger partial charge in [-0.15, -0.1) is 0 Å². The summed E-state index contributed by atoms with van der Waals surface area (Å²) in [5, 5.41) is 4.33. The molecular weight excluding hydrogens is 432 g/mol. The molecule has 8 nitrogen and oxygen atoms in total. The van der Waals surface area contributed by atoms with Crippen molar-refractivity contribution in [1.29, 1.82) is 0 Å². The van der Waals surface area contributed by atoms with Crippen LogP contribution in [-0.4, -0.2) is 34.8 Å². The van der Waals surface area contributed by atoms with Gasteiger partial charge in [-0.2, -0.15) is 10.1 Å². The Labute approximate surface area is 190 Å². The van der Waals surface area contributed by atoms with E-state index in [0.29, 0.717) is 34.4 Å². The summed E-state index contributed by atoms with van der Waals surface area (Å²) in [6.07, 6.45) is 1.34. The fourth-order valence-electron chi connectivity index (χ4n) is 2.84.